The number of rotatable bonds is 0. The van der Waals surface area contributed by atoms with Gasteiger partial charge in [0, 0.05) is 5.71 Å². The molecule has 1 aliphatic rings. The number of nitrogens with zero attached hydrogens (tertiary/aromatic N) is 1. The summed E-state index contributed by atoms with van der Waals surface area (Å²) in [6.45, 7) is 8.43. The van der Waals surface area contributed by atoms with Crippen LogP contribution in [0.5, 0.6) is 0 Å². The molecule has 50 valence electrons. The molecule has 1 nitrogen and oxygen atoms in total. The molecule has 1 rings (SSSR count). The molecular formula is C8H13N. The standard InChI is InChI=1S/C8H13N/c1-6-5-7(2)9-8(6,3)4/h5H,1-4H3. The lowest BCUT2D eigenvalue weighted by atomic mass is 9.99. The first-order chi connectivity index (χ1) is 4.02. The molecule has 0 aliphatic carbocycles. The Morgan fingerprint density at radius 1 is 1.33 bits per heavy atom. The Morgan fingerprint density at radius 3 is 2.00 bits per heavy atom. The van der Waals surface area contributed by atoms with Crippen LogP contribution in [0.25, 0.3) is 0 Å². The van der Waals surface area contributed by atoms with E-state index in [-0.39, 0.29) is 5.54 Å². The molecule has 0 radical (unpaired) electrons. The molecule has 0 amide bonds. The van der Waals surface area contributed by atoms with Gasteiger partial charge in [-0.2, -0.15) is 0 Å². The van der Waals surface area contributed by atoms with Crippen LogP contribution in [0, 0.1) is 0 Å². The topological polar surface area (TPSA) is 12.4 Å². The lowest BCUT2D eigenvalue weighted by Crippen LogP contribution is -2.14. The summed E-state index contributed by atoms with van der Waals surface area (Å²) >= 11 is 0. The van der Waals surface area contributed by atoms with Crippen molar-refractivity contribution in [2.75, 3.05) is 0 Å². The summed E-state index contributed by atoms with van der Waals surface area (Å²) in [5, 5.41) is 0. The molecule has 0 spiro atoms. The zero-order chi connectivity index (χ0) is 7.07. The van der Waals surface area contributed by atoms with Crippen molar-refractivity contribution < 1.29 is 0 Å². The highest BCUT2D eigenvalue weighted by atomic mass is 14.9. The van der Waals surface area contributed by atoms with Gasteiger partial charge in [0.2, 0.25) is 0 Å². The molecule has 0 fully saturated rings. The van der Waals surface area contributed by atoms with Gasteiger partial charge in [-0.3, -0.25) is 4.99 Å². The van der Waals surface area contributed by atoms with Crippen LogP contribution in [0.3, 0.4) is 0 Å². The monoisotopic (exact) mass is 123 g/mol. The predicted octanol–water partition coefficient (Wildman–Crippen LogP) is 2.19. The molecule has 0 N–H and O–H groups in total. The van der Waals surface area contributed by atoms with Crippen LogP contribution in [0.4, 0.5) is 0 Å². The van der Waals surface area contributed by atoms with Crippen molar-refractivity contribution in [2.45, 2.75) is 33.2 Å². The van der Waals surface area contributed by atoms with Crippen molar-refractivity contribution in [1.29, 1.82) is 0 Å². The molecule has 9 heavy (non-hydrogen) atoms. The SMILES string of the molecule is CC1=CC(C)=NC1(C)C. The fourth-order valence-corrected chi connectivity index (χ4v) is 1.05. The first kappa shape index (κ1) is 6.53. The van der Waals surface area contributed by atoms with E-state index < -0.39 is 0 Å². The van der Waals surface area contributed by atoms with Crippen LogP contribution in [-0.4, -0.2) is 11.3 Å². The molecule has 0 aromatic carbocycles. The second-order valence-corrected chi connectivity index (χ2v) is 3.14. The van der Waals surface area contributed by atoms with Gasteiger partial charge in [-0.05, 0) is 39.3 Å². The summed E-state index contributed by atoms with van der Waals surface area (Å²) < 4.78 is 0. The third-order valence-electron chi connectivity index (χ3n) is 1.85. The minimum atomic E-state index is 0.0735. The van der Waals surface area contributed by atoms with E-state index in [2.05, 4.69) is 31.8 Å². The molecule has 0 aromatic rings. The maximum absolute atomic E-state index is 4.43. The van der Waals surface area contributed by atoms with Crippen molar-refractivity contribution >= 4 is 5.71 Å². The van der Waals surface area contributed by atoms with Crippen molar-refractivity contribution in [3.8, 4) is 0 Å². The van der Waals surface area contributed by atoms with Gasteiger partial charge in [0.1, 0.15) is 0 Å². The van der Waals surface area contributed by atoms with Gasteiger partial charge in [-0.25, -0.2) is 0 Å². The first-order valence-electron chi connectivity index (χ1n) is 3.27. The second kappa shape index (κ2) is 1.69. The molecule has 0 aromatic heterocycles. The normalized spacial score (nSPS) is 23.6. The average molecular weight is 123 g/mol. The van der Waals surface area contributed by atoms with E-state index in [1.165, 1.54) is 5.57 Å². The van der Waals surface area contributed by atoms with E-state index in [0.29, 0.717) is 0 Å². The Hall–Kier alpha value is -0.590. The molecule has 1 heterocycles. The fraction of sp³-hybridized carbons (Fsp3) is 0.625. The lowest BCUT2D eigenvalue weighted by molar-refractivity contribution is 0.628. The summed E-state index contributed by atoms with van der Waals surface area (Å²) in [5.74, 6) is 0. The molecular weight excluding hydrogens is 110 g/mol. The second-order valence-electron chi connectivity index (χ2n) is 3.14. The Balaban J connectivity index is 2.96. The smallest absolute Gasteiger partial charge is 0.0764 e. The third kappa shape index (κ3) is 1.04. The van der Waals surface area contributed by atoms with Crippen LogP contribution in [0.15, 0.2) is 16.6 Å². The highest BCUT2D eigenvalue weighted by Crippen LogP contribution is 2.25. The summed E-state index contributed by atoms with van der Waals surface area (Å²) in [5.41, 5.74) is 2.59. The van der Waals surface area contributed by atoms with Gasteiger partial charge in [-0.1, -0.05) is 0 Å². The Kier molecular flexibility index (Phi) is 1.23. The molecule has 0 atom stereocenters. The van der Waals surface area contributed by atoms with Crippen LogP contribution >= 0.6 is 0 Å². The van der Waals surface area contributed by atoms with Crippen molar-refractivity contribution in [3.05, 3.63) is 11.6 Å². The number of allylic oxidation sites excluding steroid dienone is 1. The van der Waals surface area contributed by atoms with Gasteiger partial charge >= 0.3 is 0 Å². The van der Waals surface area contributed by atoms with E-state index >= 15 is 0 Å². The van der Waals surface area contributed by atoms with E-state index in [0.717, 1.165) is 5.71 Å². The van der Waals surface area contributed by atoms with Gasteiger partial charge in [0.25, 0.3) is 0 Å². The minimum absolute atomic E-state index is 0.0735. The van der Waals surface area contributed by atoms with E-state index in [1.54, 1.807) is 0 Å². The molecule has 0 saturated carbocycles. The van der Waals surface area contributed by atoms with Crippen LogP contribution in [0.2, 0.25) is 0 Å². The summed E-state index contributed by atoms with van der Waals surface area (Å²) in [6, 6.07) is 0. The molecule has 1 aliphatic heterocycles. The van der Waals surface area contributed by atoms with Crippen molar-refractivity contribution in [3.63, 3.8) is 0 Å². The first-order valence-corrected chi connectivity index (χ1v) is 3.27. The zero-order valence-corrected chi connectivity index (χ0v) is 6.52. The largest absolute Gasteiger partial charge is 0.280 e. The number of hydrogen-bond acceptors (Lipinski definition) is 1. The third-order valence-corrected chi connectivity index (χ3v) is 1.85. The average Bonchev–Trinajstić information content (AvgIpc) is 1.79. The molecule has 1 heteroatoms. The minimum Gasteiger partial charge on any atom is -0.280 e. The summed E-state index contributed by atoms with van der Waals surface area (Å²) in [4.78, 5) is 4.43. The highest BCUT2D eigenvalue weighted by molar-refractivity contribution is 5.96. The van der Waals surface area contributed by atoms with Crippen LogP contribution in [0.1, 0.15) is 27.7 Å². The van der Waals surface area contributed by atoms with Gasteiger partial charge in [0.05, 0.1) is 5.54 Å². The van der Waals surface area contributed by atoms with Crippen LogP contribution < -0.4 is 0 Å². The predicted molar refractivity (Wildman–Crippen MR) is 40.9 cm³/mol. The van der Waals surface area contributed by atoms with E-state index in [4.69, 9.17) is 0 Å². The van der Waals surface area contributed by atoms with Gasteiger partial charge < -0.3 is 0 Å². The summed E-state index contributed by atoms with van der Waals surface area (Å²) in [6.07, 6.45) is 2.14. The van der Waals surface area contributed by atoms with Crippen LogP contribution in [-0.2, 0) is 0 Å². The van der Waals surface area contributed by atoms with Crippen molar-refractivity contribution in [1.82, 2.24) is 0 Å². The Morgan fingerprint density at radius 2 is 1.89 bits per heavy atom. The Bertz CT molecular complexity index is 185. The quantitative estimate of drug-likeness (QED) is 0.468. The van der Waals surface area contributed by atoms with Gasteiger partial charge in [0.15, 0.2) is 0 Å². The summed E-state index contributed by atoms with van der Waals surface area (Å²) in [7, 11) is 0. The zero-order valence-electron chi connectivity index (χ0n) is 6.52. The molecule has 0 bridgehead atoms. The fourth-order valence-electron chi connectivity index (χ4n) is 1.05. The maximum Gasteiger partial charge on any atom is 0.0764 e. The van der Waals surface area contributed by atoms with Crippen molar-refractivity contribution in [2.24, 2.45) is 4.99 Å². The molecule has 0 saturated heterocycles. The number of hydrogen-bond donors (Lipinski definition) is 0. The van der Waals surface area contributed by atoms with E-state index in [9.17, 15) is 0 Å². The maximum atomic E-state index is 4.43. The molecule has 0 unspecified atom stereocenters. The van der Waals surface area contributed by atoms with Gasteiger partial charge in [-0.15, -0.1) is 0 Å². The highest BCUT2D eigenvalue weighted by Gasteiger charge is 2.22. The number of aliphatic imine (C=N–C) groups is 1. The van der Waals surface area contributed by atoms with E-state index in [1.807, 2.05) is 6.92 Å². The Labute approximate surface area is 56.5 Å². The lowest BCUT2D eigenvalue weighted by Gasteiger charge is -2.15.